The van der Waals surface area contributed by atoms with Gasteiger partial charge in [-0.05, 0) is 18.8 Å². The zero-order valence-electron chi connectivity index (χ0n) is 10.3. The maximum atomic E-state index is 11.4. The second kappa shape index (κ2) is 5.14. The first-order valence-electron chi connectivity index (χ1n) is 5.82. The standard InChI is InChI=1S/C10H16ClN3O3S/c1-7(8-3-4-8)9-12-13-10(18(11,15)16)14(9)5-6-17-2/h7-8H,3-6H2,1-2H3. The number of aromatic nitrogens is 3. The molecule has 1 heterocycles. The van der Waals surface area contributed by atoms with Crippen LogP contribution in [0.25, 0.3) is 0 Å². The van der Waals surface area contributed by atoms with Crippen LogP contribution in [0.15, 0.2) is 5.16 Å². The molecule has 1 aromatic rings. The summed E-state index contributed by atoms with van der Waals surface area (Å²) in [5.74, 6) is 1.44. The van der Waals surface area contributed by atoms with E-state index in [4.69, 9.17) is 15.4 Å². The van der Waals surface area contributed by atoms with E-state index in [0.29, 0.717) is 24.9 Å². The highest BCUT2D eigenvalue weighted by Crippen LogP contribution is 2.41. The molecule has 2 rings (SSSR count). The van der Waals surface area contributed by atoms with E-state index in [-0.39, 0.29) is 11.1 Å². The van der Waals surface area contributed by atoms with Crippen LogP contribution in [-0.2, 0) is 20.3 Å². The summed E-state index contributed by atoms with van der Waals surface area (Å²) in [6, 6.07) is 0. The quantitative estimate of drug-likeness (QED) is 0.741. The van der Waals surface area contributed by atoms with Crippen molar-refractivity contribution in [3.63, 3.8) is 0 Å². The van der Waals surface area contributed by atoms with Crippen molar-refractivity contribution in [1.29, 1.82) is 0 Å². The summed E-state index contributed by atoms with van der Waals surface area (Å²) in [4.78, 5) is 0. The molecule has 8 heteroatoms. The Labute approximate surface area is 111 Å². The Morgan fingerprint density at radius 1 is 1.50 bits per heavy atom. The molecule has 0 amide bonds. The summed E-state index contributed by atoms with van der Waals surface area (Å²) < 4.78 is 29.4. The molecule has 1 saturated carbocycles. The molecule has 18 heavy (non-hydrogen) atoms. The van der Waals surface area contributed by atoms with Crippen LogP contribution in [0.4, 0.5) is 0 Å². The molecule has 0 aromatic carbocycles. The Morgan fingerprint density at radius 3 is 2.67 bits per heavy atom. The van der Waals surface area contributed by atoms with Gasteiger partial charge in [0.25, 0.3) is 14.2 Å². The number of rotatable bonds is 6. The Bertz CT molecular complexity index is 524. The van der Waals surface area contributed by atoms with Crippen molar-refractivity contribution in [2.75, 3.05) is 13.7 Å². The van der Waals surface area contributed by atoms with Crippen molar-refractivity contribution in [3.8, 4) is 0 Å². The largest absolute Gasteiger partial charge is 0.383 e. The van der Waals surface area contributed by atoms with Gasteiger partial charge in [0.1, 0.15) is 5.82 Å². The van der Waals surface area contributed by atoms with Gasteiger partial charge in [0, 0.05) is 30.3 Å². The molecule has 102 valence electrons. The van der Waals surface area contributed by atoms with Crippen molar-refractivity contribution < 1.29 is 13.2 Å². The van der Waals surface area contributed by atoms with Gasteiger partial charge in [-0.2, -0.15) is 0 Å². The van der Waals surface area contributed by atoms with Crippen LogP contribution in [0.1, 0.15) is 31.5 Å². The average Bonchev–Trinajstić information content (AvgIpc) is 3.03. The van der Waals surface area contributed by atoms with Crippen LogP contribution >= 0.6 is 10.7 Å². The van der Waals surface area contributed by atoms with Gasteiger partial charge in [0.05, 0.1) is 6.61 Å². The fraction of sp³-hybridized carbons (Fsp3) is 0.800. The highest BCUT2D eigenvalue weighted by atomic mass is 35.7. The number of methoxy groups -OCH3 is 1. The van der Waals surface area contributed by atoms with Gasteiger partial charge in [-0.3, -0.25) is 4.57 Å². The Balaban J connectivity index is 2.36. The van der Waals surface area contributed by atoms with Crippen LogP contribution in [0.3, 0.4) is 0 Å². The SMILES string of the molecule is COCCn1c(C(C)C2CC2)nnc1S(=O)(=O)Cl. The molecule has 0 radical (unpaired) electrons. The van der Waals surface area contributed by atoms with Gasteiger partial charge in [-0.15, -0.1) is 10.2 Å². The first kappa shape index (κ1) is 13.8. The van der Waals surface area contributed by atoms with Crippen molar-refractivity contribution in [1.82, 2.24) is 14.8 Å². The third-order valence-electron chi connectivity index (χ3n) is 3.22. The molecule has 1 aliphatic rings. The van der Waals surface area contributed by atoms with Crippen molar-refractivity contribution in [3.05, 3.63) is 5.82 Å². The predicted octanol–water partition coefficient (Wildman–Crippen LogP) is 1.37. The minimum atomic E-state index is -3.88. The first-order valence-corrected chi connectivity index (χ1v) is 8.12. The lowest BCUT2D eigenvalue weighted by molar-refractivity contribution is 0.183. The molecular formula is C10H16ClN3O3S. The van der Waals surface area contributed by atoms with E-state index in [1.807, 2.05) is 6.92 Å². The van der Waals surface area contributed by atoms with E-state index in [0.717, 1.165) is 12.8 Å². The van der Waals surface area contributed by atoms with Gasteiger partial charge in [-0.25, -0.2) is 8.42 Å². The number of halogens is 1. The minimum absolute atomic E-state index is 0.191. The molecular weight excluding hydrogens is 278 g/mol. The van der Waals surface area contributed by atoms with Crippen LogP contribution in [-0.4, -0.2) is 36.9 Å². The lowest BCUT2D eigenvalue weighted by Gasteiger charge is -2.12. The molecule has 1 aromatic heterocycles. The third kappa shape index (κ3) is 2.84. The molecule has 0 aliphatic heterocycles. The highest BCUT2D eigenvalue weighted by molar-refractivity contribution is 8.13. The number of hydrogen-bond acceptors (Lipinski definition) is 5. The number of hydrogen-bond donors (Lipinski definition) is 0. The molecule has 1 fully saturated rings. The second-order valence-electron chi connectivity index (χ2n) is 4.55. The zero-order chi connectivity index (χ0) is 13.3. The van der Waals surface area contributed by atoms with Crippen LogP contribution in [0.2, 0.25) is 0 Å². The Hall–Kier alpha value is -0.660. The second-order valence-corrected chi connectivity index (χ2v) is 7.01. The fourth-order valence-corrected chi connectivity index (χ4v) is 2.95. The van der Waals surface area contributed by atoms with E-state index < -0.39 is 9.05 Å². The molecule has 0 spiro atoms. The molecule has 1 atom stereocenters. The molecule has 0 N–H and O–H groups in total. The van der Waals surface area contributed by atoms with Crippen molar-refractivity contribution in [2.45, 2.75) is 37.4 Å². The summed E-state index contributed by atoms with van der Waals surface area (Å²) in [5, 5.41) is 7.51. The van der Waals surface area contributed by atoms with E-state index in [9.17, 15) is 8.42 Å². The summed E-state index contributed by atoms with van der Waals surface area (Å²) in [7, 11) is 3.05. The van der Waals surface area contributed by atoms with Gasteiger partial charge in [-0.1, -0.05) is 6.92 Å². The van der Waals surface area contributed by atoms with Crippen molar-refractivity contribution >= 4 is 19.7 Å². The topological polar surface area (TPSA) is 74.1 Å². The van der Waals surface area contributed by atoms with E-state index in [1.165, 1.54) is 0 Å². The van der Waals surface area contributed by atoms with Gasteiger partial charge in [0.15, 0.2) is 0 Å². The number of ether oxygens (including phenoxy) is 1. The van der Waals surface area contributed by atoms with Crippen molar-refractivity contribution in [2.24, 2.45) is 5.92 Å². The maximum Gasteiger partial charge on any atom is 0.296 e. The first-order chi connectivity index (χ1) is 8.45. The van der Waals surface area contributed by atoms with Gasteiger partial charge >= 0.3 is 0 Å². The van der Waals surface area contributed by atoms with E-state index in [2.05, 4.69) is 10.2 Å². The Morgan fingerprint density at radius 2 is 2.17 bits per heavy atom. The summed E-state index contributed by atoms with van der Waals surface area (Å²) >= 11 is 0. The molecule has 1 unspecified atom stereocenters. The maximum absolute atomic E-state index is 11.4. The van der Waals surface area contributed by atoms with Crippen LogP contribution in [0.5, 0.6) is 0 Å². The lowest BCUT2D eigenvalue weighted by Crippen LogP contribution is -2.15. The summed E-state index contributed by atoms with van der Waals surface area (Å²) in [6.45, 7) is 2.81. The fourth-order valence-electron chi connectivity index (χ4n) is 2.02. The zero-order valence-corrected chi connectivity index (χ0v) is 11.9. The average molecular weight is 294 g/mol. The van der Waals surface area contributed by atoms with Crippen LogP contribution in [0, 0.1) is 5.92 Å². The molecule has 0 saturated heterocycles. The summed E-state index contributed by atoms with van der Waals surface area (Å²) in [5.41, 5.74) is 0. The predicted molar refractivity (Wildman–Crippen MR) is 66.1 cm³/mol. The number of nitrogens with zero attached hydrogens (tertiary/aromatic N) is 3. The summed E-state index contributed by atoms with van der Waals surface area (Å²) in [6.07, 6.45) is 2.31. The molecule has 0 bridgehead atoms. The van der Waals surface area contributed by atoms with Gasteiger partial charge in [0.2, 0.25) is 0 Å². The highest BCUT2D eigenvalue weighted by Gasteiger charge is 2.34. The minimum Gasteiger partial charge on any atom is -0.383 e. The Kier molecular flexibility index (Phi) is 3.93. The lowest BCUT2D eigenvalue weighted by atomic mass is 10.1. The third-order valence-corrected chi connectivity index (χ3v) is 4.37. The molecule has 1 aliphatic carbocycles. The van der Waals surface area contributed by atoms with E-state index >= 15 is 0 Å². The molecule has 6 nitrogen and oxygen atoms in total. The smallest absolute Gasteiger partial charge is 0.296 e. The monoisotopic (exact) mass is 293 g/mol. The normalized spacial score (nSPS) is 17.9. The van der Waals surface area contributed by atoms with E-state index in [1.54, 1.807) is 11.7 Å². The van der Waals surface area contributed by atoms with Gasteiger partial charge < -0.3 is 4.74 Å². The van der Waals surface area contributed by atoms with Crippen LogP contribution < -0.4 is 0 Å².